The highest BCUT2D eigenvalue weighted by Crippen LogP contribution is 2.28. The molecule has 146 valence electrons. The minimum atomic E-state index is -0.225. The Morgan fingerprint density at radius 1 is 1.11 bits per heavy atom. The number of quaternary nitrogens is 1. The van der Waals surface area contributed by atoms with Crippen LogP contribution in [0.3, 0.4) is 0 Å². The van der Waals surface area contributed by atoms with E-state index in [1.807, 2.05) is 44.2 Å². The van der Waals surface area contributed by atoms with Crippen molar-refractivity contribution in [3.8, 4) is 0 Å². The van der Waals surface area contributed by atoms with Gasteiger partial charge >= 0.3 is 0 Å². The number of nitrogens with one attached hydrogen (secondary N) is 3. The molecule has 0 saturated heterocycles. The molecule has 1 unspecified atom stereocenters. The first-order valence-electron chi connectivity index (χ1n) is 9.21. The van der Waals surface area contributed by atoms with Gasteiger partial charge in [0.15, 0.2) is 13.1 Å². The molecule has 3 rings (SSSR count). The van der Waals surface area contributed by atoms with Gasteiger partial charge in [-0.3, -0.25) is 19.3 Å². The van der Waals surface area contributed by atoms with Crippen LogP contribution in [-0.4, -0.2) is 44.4 Å². The summed E-state index contributed by atoms with van der Waals surface area (Å²) in [5, 5.41) is 5.67. The van der Waals surface area contributed by atoms with Crippen molar-refractivity contribution in [2.75, 3.05) is 42.2 Å². The number of nitrogens with zero attached hydrogens (tertiary/aromatic N) is 1. The Labute approximate surface area is 164 Å². The highest BCUT2D eigenvalue weighted by atomic mass is 16.2. The molecule has 2 aromatic carbocycles. The van der Waals surface area contributed by atoms with Crippen molar-refractivity contribution < 1.29 is 19.3 Å². The fraction of sp³-hybridized carbons (Fsp3) is 0.286. The van der Waals surface area contributed by atoms with Crippen LogP contribution in [0.15, 0.2) is 42.5 Å². The summed E-state index contributed by atoms with van der Waals surface area (Å²) in [4.78, 5) is 39.2. The second-order valence-corrected chi connectivity index (χ2v) is 7.15. The van der Waals surface area contributed by atoms with Gasteiger partial charge in [-0.05, 0) is 43.2 Å². The lowest BCUT2D eigenvalue weighted by Gasteiger charge is -2.29. The van der Waals surface area contributed by atoms with Gasteiger partial charge in [0.05, 0.1) is 18.4 Å². The zero-order chi connectivity index (χ0) is 20.3. The quantitative estimate of drug-likeness (QED) is 0.715. The van der Waals surface area contributed by atoms with E-state index in [0.29, 0.717) is 11.4 Å². The van der Waals surface area contributed by atoms with E-state index in [1.165, 1.54) is 4.90 Å². The Kier molecular flexibility index (Phi) is 5.75. The van der Waals surface area contributed by atoms with Crippen LogP contribution in [0.5, 0.6) is 0 Å². The maximum Gasteiger partial charge on any atom is 0.282 e. The summed E-state index contributed by atoms with van der Waals surface area (Å²) in [6.07, 6.45) is 0. The van der Waals surface area contributed by atoms with E-state index in [-0.39, 0.29) is 37.4 Å². The van der Waals surface area contributed by atoms with Gasteiger partial charge < -0.3 is 15.5 Å². The normalized spacial score (nSPS) is 14.1. The molecule has 0 radical (unpaired) electrons. The van der Waals surface area contributed by atoms with Crippen LogP contribution in [0.25, 0.3) is 0 Å². The molecule has 1 aliphatic heterocycles. The third-order valence-corrected chi connectivity index (χ3v) is 4.87. The fourth-order valence-corrected chi connectivity index (χ4v) is 3.23. The molecule has 3 N–H and O–H groups in total. The second-order valence-electron chi connectivity index (χ2n) is 7.15. The molecule has 0 aromatic heterocycles. The highest BCUT2D eigenvalue weighted by Gasteiger charge is 2.28. The molecular weight excluding hydrogens is 356 g/mol. The molecular formula is C21H25N4O3+. The van der Waals surface area contributed by atoms with Crippen molar-refractivity contribution >= 4 is 34.8 Å². The van der Waals surface area contributed by atoms with Gasteiger partial charge in [-0.2, -0.15) is 0 Å². The first-order chi connectivity index (χ1) is 13.3. The van der Waals surface area contributed by atoms with Crippen LogP contribution in [0, 0.1) is 13.8 Å². The van der Waals surface area contributed by atoms with E-state index < -0.39 is 0 Å². The van der Waals surface area contributed by atoms with Crippen molar-refractivity contribution in [1.29, 1.82) is 0 Å². The molecule has 3 amide bonds. The average molecular weight is 381 g/mol. The smallest absolute Gasteiger partial charge is 0.282 e. The monoisotopic (exact) mass is 381 g/mol. The van der Waals surface area contributed by atoms with Gasteiger partial charge in [-0.1, -0.05) is 24.3 Å². The third-order valence-electron chi connectivity index (χ3n) is 4.87. The van der Waals surface area contributed by atoms with Gasteiger partial charge in [0.1, 0.15) is 6.54 Å². The van der Waals surface area contributed by atoms with Crippen molar-refractivity contribution in [2.24, 2.45) is 0 Å². The van der Waals surface area contributed by atoms with Crippen LogP contribution in [-0.2, 0) is 14.4 Å². The molecule has 0 saturated carbocycles. The molecule has 7 nitrogen and oxygen atoms in total. The molecule has 1 heterocycles. The molecule has 7 heteroatoms. The summed E-state index contributed by atoms with van der Waals surface area (Å²) in [5.41, 5.74) is 4.22. The number of likely N-dealkylation sites (N-methyl/N-ethyl adjacent to an activating group) is 1. The Balaban J connectivity index is 1.61. The largest absolute Gasteiger partial charge is 0.323 e. The van der Waals surface area contributed by atoms with E-state index in [9.17, 15) is 14.4 Å². The molecule has 0 bridgehead atoms. The van der Waals surface area contributed by atoms with Gasteiger partial charge in [0, 0.05) is 5.69 Å². The summed E-state index contributed by atoms with van der Waals surface area (Å²) in [7, 11) is 1.79. The molecule has 1 atom stereocenters. The van der Waals surface area contributed by atoms with Crippen molar-refractivity contribution in [2.45, 2.75) is 13.8 Å². The molecule has 1 aliphatic rings. The highest BCUT2D eigenvalue weighted by molar-refractivity contribution is 6.10. The van der Waals surface area contributed by atoms with Gasteiger partial charge in [0.25, 0.3) is 11.8 Å². The molecule has 0 fully saturated rings. The zero-order valence-corrected chi connectivity index (χ0v) is 16.3. The maximum atomic E-state index is 12.7. The molecule has 0 aliphatic carbocycles. The number of anilines is 3. The standard InChI is InChI=1S/C21H24N4O3/c1-14-7-6-9-16(15(14)2)22-19(26)11-24(3)13-21(28)25-12-20(27)23-17-8-4-5-10-18(17)25/h4-10H,11-13H2,1-3H3,(H,22,26)(H,23,27)/p+1. The van der Waals surface area contributed by atoms with E-state index in [1.54, 1.807) is 19.2 Å². The predicted molar refractivity (Wildman–Crippen MR) is 109 cm³/mol. The third kappa shape index (κ3) is 4.37. The summed E-state index contributed by atoms with van der Waals surface area (Å²) in [6.45, 7) is 4.21. The van der Waals surface area contributed by atoms with E-state index in [4.69, 9.17) is 0 Å². The lowest BCUT2D eigenvalue weighted by molar-refractivity contribution is -0.862. The molecule has 28 heavy (non-hydrogen) atoms. The van der Waals surface area contributed by atoms with Gasteiger partial charge in [0.2, 0.25) is 5.91 Å². The second kappa shape index (κ2) is 8.22. The number of carbonyl (C=O) groups excluding carboxylic acids is 3. The lowest BCUT2D eigenvalue weighted by Crippen LogP contribution is -3.11. The number of rotatable bonds is 5. The van der Waals surface area contributed by atoms with Gasteiger partial charge in [-0.25, -0.2) is 0 Å². The van der Waals surface area contributed by atoms with E-state index in [0.717, 1.165) is 21.7 Å². The molecule has 2 aromatic rings. The topological polar surface area (TPSA) is 83.0 Å². The maximum absolute atomic E-state index is 12.7. The SMILES string of the molecule is Cc1cccc(NC(=O)C[NH+](C)CC(=O)N2CC(=O)Nc3ccccc32)c1C. The lowest BCUT2D eigenvalue weighted by atomic mass is 10.1. The first-order valence-corrected chi connectivity index (χ1v) is 9.21. The average Bonchev–Trinajstić information content (AvgIpc) is 2.64. The fourth-order valence-electron chi connectivity index (χ4n) is 3.23. The predicted octanol–water partition coefficient (Wildman–Crippen LogP) is 0.742. The Morgan fingerprint density at radius 2 is 1.86 bits per heavy atom. The van der Waals surface area contributed by atoms with Crippen molar-refractivity contribution in [3.63, 3.8) is 0 Å². The summed E-state index contributed by atoms with van der Waals surface area (Å²) >= 11 is 0. The van der Waals surface area contributed by atoms with Crippen LogP contribution in [0.4, 0.5) is 17.1 Å². The summed E-state index contributed by atoms with van der Waals surface area (Å²) < 4.78 is 0. The van der Waals surface area contributed by atoms with Crippen LogP contribution in [0.2, 0.25) is 0 Å². The van der Waals surface area contributed by atoms with Crippen molar-refractivity contribution in [3.05, 3.63) is 53.6 Å². The Morgan fingerprint density at radius 3 is 2.64 bits per heavy atom. The minimum absolute atomic E-state index is 0.0161. The zero-order valence-electron chi connectivity index (χ0n) is 16.3. The number of amides is 3. The number of aryl methyl sites for hydroxylation is 1. The summed E-state index contributed by atoms with van der Waals surface area (Å²) in [6, 6.07) is 13.0. The van der Waals surface area contributed by atoms with Crippen LogP contribution in [0.1, 0.15) is 11.1 Å². The van der Waals surface area contributed by atoms with Crippen LogP contribution < -0.4 is 20.4 Å². The van der Waals surface area contributed by atoms with E-state index in [2.05, 4.69) is 10.6 Å². The Bertz CT molecular complexity index is 926. The summed E-state index contributed by atoms with van der Waals surface area (Å²) in [5.74, 6) is -0.576. The minimum Gasteiger partial charge on any atom is -0.323 e. The number of carbonyl (C=O) groups is 3. The number of fused-ring (bicyclic) bond motifs is 1. The number of hydrogen-bond acceptors (Lipinski definition) is 3. The number of hydrogen-bond donors (Lipinski definition) is 3. The van der Waals surface area contributed by atoms with Gasteiger partial charge in [-0.15, -0.1) is 0 Å². The Hall–Kier alpha value is -3.19. The number of para-hydroxylation sites is 2. The molecule has 0 spiro atoms. The van der Waals surface area contributed by atoms with E-state index >= 15 is 0 Å². The number of benzene rings is 2. The first kappa shape index (κ1) is 19.6. The van der Waals surface area contributed by atoms with Crippen molar-refractivity contribution in [1.82, 2.24) is 0 Å². The van der Waals surface area contributed by atoms with Crippen LogP contribution >= 0.6 is 0 Å².